The van der Waals surface area contributed by atoms with E-state index in [0.717, 1.165) is 25.7 Å². The van der Waals surface area contributed by atoms with Crippen molar-refractivity contribution < 1.29 is 8.42 Å². The van der Waals surface area contributed by atoms with Gasteiger partial charge in [0.2, 0.25) is 0 Å². The summed E-state index contributed by atoms with van der Waals surface area (Å²) in [5.74, 6) is 0.510. The second-order valence-electron chi connectivity index (χ2n) is 4.80. The lowest BCUT2D eigenvalue weighted by molar-refractivity contribution is 0.347. The smallest absolute Gasteiger partial charge is 0.154 e. The second kappa shape index (κ2) is 5.30. The Morgan fingerprint density at radius 3 is 2.47 bits per heavy atom. The van der Waals surface area contributed by atoms with Crippen LogP contribution in [0.15, 0.2) is 0 Å². The summed E-state index contributed by atoms with van der Waals surface area (Å²) in [5.41, 5.74) is 5.59. The van der Waals surface area contributed by atoms with Gasteiger partial charge in [0.05, 0.1) is 11.0 Å². The van der Waals surface area contributed by atoms with Crippen molar-refractivity contribution >= 4 is 9.84 Å². The first kappa shape index (κ1) is 13.0. The van der Waals surface area contributed by atoms with E-state index < -0.39 is 9.84 Å². The number of rotatable bonds is 4. The van der Waals surface area contributed by atoms with Gasteiger partial charge in [-0.1, -0.05) is 26.2 Å². The monoisotopic (exact) mass is 233 g/mol. The Labute approximate surface area is 93.3 Å². The van der Waals surface area contributed by atoms with Crippen molar-refractivity contribution in [1.29, 1.82) is 0 Å². The normalized spacial score (nSPS) is 30.1. The number of sulfone groups is 1. The lowest BCUT2D eigenvalue weighted by Gasteiger charge is -2.30. The third-order valence-corrected chi connectivity index (χ3v) is 5.85. The minimum Gasteiger partial charge on any atom is -0.327 e. The molecule has 2 N–H and O–H groups in total. The standard InChI is InChI=1S/C11H23NO2S/c1-3-10-6-4-5-7-11(10)15(13,14)8-9(2)12/h9-11H,3-8,12H2,1-2H3. The van der Waals surface area contributed by atoms with Gasteiger partial charge < -0.3 is 5.73 Å². The van der Waals surface area contributed by atoms with Crippen molar-refractivity contribution in [3.8, 4) is 0 Å². The average molecular weight is 233 g/mol. The van der Waals surface area contributed by atoms with Crippen LogP contribution in [0.3, 0.4) is 0 Å². The van der Waals surface area contributed by atoms with Gasteiger partial charge in [-0.3, -0.25) is 0 Å². The van der Waals surface area contributed by atoms with E-state index in [1.165, 1.54) is 6.42 Å². The molecule has 0 saturated heterocycles. The summed E-state index contributed by atoms with van der Waals surface area (Å²) in [6.07, 6.45) is 5.12. The lowest BCUT2D eigenvalue weighted by Crippen LogP contribution is -2.38. The maximum absolute atomic E-state index is 12.1. The fraction of sp³-hybridized carbons (Fsp3) is 1.00. The third kappa shape index (κ3) is 3.45. The van der Waals surface area contributed by atoms with Crippen molar-refractivity contribution in [2.75, 3.05) is 5.75 Å². The topological polar surface area (TPSA) is 60.2 Å². The first-order valence-electron chi connectivity index (χ1n) is 5.94. The van der Waals surface area contributed by atoms with Crippen molar-refractivity contribution in [3.63, 3.8) is 0 Å². The zero-order valence-corrected chi connectivity index (χ0v) is 10.6. The molecule has 1 aliphatic rings. The molecule has 1 saturated carbocycles. The zero-order chi connectivity index (χ0) is 11.5. The Kier molecular flexibility index (Phi) is 4.59. The maximum Gasteiger partial charge on any atom is 0.154 e. The molecule has 0 aromatic rings. The van der Waals surface area contributed by atoms with Crippen LogP contribution >= 0.6 is 0 Å². The van der Waals surface area contributed by atoms with Gasteiger partial charge in [-0.25, -0.2) is 8.42 Å². The predicted octanol–water partition coefficient (Wildman–Crippen LogP) is 1.72. The third-order valence-electron chi connectivity index (χ3n) is 3.32. The van der Waals surface area contributed by atoms with Crippen LogP contribution in [0, 0.1) is 5.92 Å². The van der Waals surface area contributed by atoms with Gasteiger partial charge in [-0.05, 0) is 25.7 Å². The highest BCUT2D eigenvalue weighted by Gasteiger charge is 2.34. The van der Waals surface area contributed by atoms with Gasteiger partial charge in [-0.15, -0.1) is 0 Å². The van der Waals surface area contributed by atoms with Crippen LogP contribution in [0.25, 0.3) is 0 Å². The summed E-state index contributed by atoms with van der Waals surface area (Å²) in [7, 11) is -2.97. The Bertz CT molecular complexity index is 285. The second-order valence-corrected chi connectivity index (χ2v) is 7.06. The fourth-order valence-corrected chi connectivity index (χ4v) is 5.02. The Hall–Kier alpha value is -0.0900. The van der Waals surface area contributed by atoms with E-state index in [1.54, 1.807) is 6.92 Å². The minimum absolute atomic E-state index is 0.123. The average Bonchev–Trinajstić information content (AvgIpc) is 2.16. The highest BCUT2D eigenvalue weighted by Crippen LogP contribution is 2.32. The quantitative estimate of drug-likeness (QED) is 0.804. The van der Waals surface area contributed by atoms with Crippen LogP contribution in [0.5, 0.6) is 0 Å². The largest absolute Gasteiger partial charge is 0.327 e. The van der Waals surface area contributed by atoms with Crippen LogP contribution in [-0.2, 0) is 9.84 Å². The summed E-state index contributed by atoms with van der Waals surface area (Å²) >= 11 is 0. The molecular formula is C11H23NO2S. The molecule has 1 aliphatic carbocycles. The summed E-state index contributed by atoms with van der Waals surface area (Å²) in [6.45, 7) is 3.85. The molecule has 0 spiro atoms. The van der Waals surface area contributed by atoms with Crippen LogP contribution < -0.4 is 5.73 Å². The molecule has 0 amide bonds. The molecule has 90 valence electrons. The van der Waals surface area contributed by atoms with E-state index in [9.17, 15) is 8.42 Å². The highest BCUT2D eigenvalue weighted by molar-refractivity contribution is 7.92. The van der Waals surface area contributed by atoms with Crippen molar-refractivity contribution in [2.24, 2.45) is 11.7 Å². The van der Waals surface area contributed by atoms with Gasteiger partial charge in [0, 0.05) is 6.04 Å². The lowest BCUT2D eigenvalue weighted by atomic mass is 9.87. The van der Waals surface area contributed by atoms with E-state index in [1.807, 2.05) is 0 Å². The molecule has 0 aliphatic heterocycles. The van der Waals surface area contributed by atoms with E-state index in [-0.39, 0.29) is 17.0 Å². The zero-order valence-electron chi connectivity index (χ0n) is 9.78. The van der Waals surface area contributed by atoms with E-state index in [0.29, 0.717) is 5.92 Å². The summed E-state index contributed by atoms with van der Waals surface area (Å²) in [4.78, 5) is 0. The van der Waals surface area contributed by atoms with Crippen LogP contribution in [0.2, 0.25) is 0 Å². The first-order chi connectivity index (χ1) is 6.97. The SMILES string of the molecule is CCC1CCCCC1S(=O)(=O)CC(C)N. The Morgan fingerprint density at radius 2 is 1.93 bits per heavy atom. The summed E-state index contributed by atoms with van der Waals surface area (Å²) < 4.78 is 24.2. The molecule has 0 radical (unpaired) electrons. The van der Waals surface area contributed by atoms with Crippen molar-refractivity contribution in [2.45, 2.75) is 57.2 Å². The molecule has 3 atom stereocenters. The molecule has 1 rings (SSSR count). The van der Waals surface area contributed by atoms with Crippen LogP contribution in [0.1, 0.15) is 46.0 Å². The number of hydrogen-bond donors (Lipinski definition) is 1. The molecule has 1 fully saturated rings. The molecular weight excluding hydrogens is 210 g/mol. The predicted molar refractivity (Wildman–Crippen MR) is 63.5 cm³/mol. The fourth-order valence-electron chi connectivity index (χ4n) is 2.60. The molecule has 0 aromatic heterocycles. The van der Waals surface area contributed by atoms with Crippen LogP contribution in [-0.4, -0.2) is 25.5 Å². The summed E-state index contributed by atoms with van der Waals surface area (Å²) in [6, 6.07) is -0.241. The van der Waals surface area contributed by atoms with E-state index in [2.05, 4.69) is 6.92 Å². The molecule has 4 heteroatoms. The molecule has 0 aromatic carbocycles. The van der Waals surface area contributed by atoms with E-state index >= 15 is 0 Å². The van der Waals surface area contributed by atoms with Gasteiger partial charge in [0.1, 0.15) is 0 Å². The number of hydrogen-bond acceptors (Lipinski definition) is 3. The molecule has 0 bridgehead atoms. The Balaban J connectivity index is 2.74. The van der Waals surface area contributed by atoms with E-state index in [4.69, 9.17) is 5.73 Å². The minimum atomic E-state index is -2.97. The van der Waals surface area contributed by atoms with Crippen molar-refractivity contribution in [3.05, 3.63) is 0 Å². The van der Waals surface area contributed by atoms with Gasteiger partial charge in [-0.2, -0.15) is 0 Å². The molecule has 0 heterocycles. The Morgan fingerprint density at radius 1 is 1.33 bits per heavy atom. The van der Waals surface area contributed by atoms with Gasteiger partial charge >= 0.3 is 0 Å². The first-order valence-corrected chi connectivity index (χ1v) is 7.66. The maximum atomic E-state index is 12.1. The van der Waals surface area contributed by atoms with Gasteiger partial charge in [0.25, 0.3) is 0 Å². The molecule has 15 heavy (non-hydrogen) atoms. The summed E-state index contributed by atoms with van der Waals surface area (Å²) in [5, 5.41) is -0.123. The molecule has 3 unspecified atom stereocenters. The number of nitrogens with two attached hydrogens (primary N) is 1. The van der Waals surface area contributed by atoms with Gasteiger partial charge in [0.15, 0.2) is 9.84 Å². The highest BCUT2D eigenvalue weighted by atomic mass is 32.2. The van der Waals surface area contributed by atoms with Crippen molar-refractivity contribution in [1.82, 2.24) is 0 Å². The molecule has 3 nitrogen and oxygen atoms in total. The van der Waals surface area contributed by atoms with Crippen LogP contribution in [0.4, 0.5) is 0 Å².